The Bertz CT molecular complexity index is 426. The van der Waals surface area contributed by atoms with Crippen molar-refractivity contribution in [1.82, 2.24) is 4.90 Å². The van der Waals surface area contributed by atoms with Gasteiger partial charge in [-0.1, -0.05) is 37.3 Å². The Hall–Kier alpha value is -0.860. The van der Waals surface area contributed by atoms with Crippen LogP contribution in [0.2, 0.25) is 0 Å². The summed E-state index contributed by atoms with van der Waals surface area (Å²) in [6.07, 6.45) is 8.00. The van der Waals surface area contributed by atoms with Gasteiger partial charge in [-0.3, -0.25) is 4.90 Å². The molecule has 21 heavy (non-hydrogen) atoms. The molecule has 0 radical (unpaired) electrons. The second kappa shape index (κ2) is 6.93. The van der Waals surface area contributed by atoms with E-state index in [1.54, 1.807) is 0 Å². The van der Waals surface area contributed by atoms with Crippen LogP contribution in [-0.2, 0) is 0 Å². The van der Waals surface area contributed by atoms with Crippen LogP contribution >= 0.6 is 0 Å². The Morgan fingerprint density at radius 1 is 1.10 bits per heavy atom. The van der Waals surface area contributed by atoms with Crippen LogP contribution in [0.25, 0.3) is 0 Å². The van der Waals surface area contributed by atoms with E-state index in [0.717, 1.165) is 18.5 Å². The van der Waals surface area contributed by atoms with Gasteiger partial charge in [0.25, 0.3) is 0 Å². The molecule has 2 N–H and O–H groups in total. The third kappa shape index (κ3) is 3.49. The first-order valence-corrected chi connectivity index (χ1v) is 8.84. The van der Waals surface area contributed by atoms with Crippen LogP contribution < -0.4 is 5.73 Å². The smallest absolute Gasteiger partial charge is 0.0144 e. The van der Waals surface area contributed by atoms with Crippen molar-refractivity contribution in [2.75, 3.05) is 13.1 Å². The second-order valence-electron chi connectivity index (χ2n) is 6.95. The van der Waals surface area contributed by atoms with Crippen molar-refractivity contribution in [3.05, 3.63) is 35.9 Å². The van der Waals surface area contributed by atoms with E-state index in [1.807, 2.05) is 0 Å². The van der Waals surface area contributed by atoms with E-state index in [2.05, 4.69) is 42.2 Å². The lowest BCUT2D eigenvalue weighted by Gasteiger charge is -2.43. The molecule has 0 aromatic heterocycles. The van der Waals surface area contributed by atoms with Gasteiger partial charge in [0, 0.05) is 12.1 Å². The highest BCUT2D eigenvalue weighted by molar-refractivity contribution is 5.20. The minimum atomic E-state index is 0.706. The molecule has 2 heteroatoms. The first-order valence-electron chi connectivity index (χ1n) is 8.84. The van der Waals surface area contributed by atoms with E-state index in [1.165, 1.54) is 50.6 Å². The molecular weight excluding hydrogens is 256 g/mol. The maximum atomic E-state index is 6.11. The van der Waals surface area contributed by atoms with Gasteiger partial charge in [-0.15, -0.1) is 0 Å². The first kappa shape index (κ1) is 15.1. The zero-order valence-electron chi connectivity index (χ0n) is 13.4. The minimum absolute atomic E-state index is 0.706. The van der Waals surface area contributed by atoms with E-state index in [9.17, 15) is 0 Å². The predicted molar refractivity (Wildman–Crippen MR) is 89.4 cm³/mol. The van der Waals surface area contributed by atoms with Crippen molar-refractivity contribution in [3.63, 3.8) is 0 Å². The summed E-state index contributed by atoms with van der Waals surface area (Å²) in [7, 11) is 0. The van der Waals surface area contributed by atoms with Gasteiger partial charge in [0.15, 0.2) is 0 Å². The Morgan fingerprint density at radius 3 is 2.48 bits per heavy atom. The van der Waals surface area contributed by atoms with Crippen molar-refractivity contribution >= 4 is 0 Å². The summed E-state index contributed by atoms with van der Waals surface area (Å²) in [5.74, 6) is 1.44. The van der Waals surface area contributed by atoms with Gasteiger partial charge in [-0.05, 0) is 69.0 Å². The monoisotopic (exact) mass is 286 g/mol. The third-order valence-corrected chi connectivity index (χ3v) is 5.45. The molecule has 3 unspecified atom stereocenters. The molecule has 0 amide bonds. The zero-order valence-corrected chi connectivity index (χ0v) is 13.4. The third-order valence-electron chi connectivity index (χ3n) is 5.45. The van der Waals surface area contributed by atoms with E-state index in [-0.39, 0.29) is 0 Å². The van der Waals surface area contributed by atoms with Gasteiger partial charge >= 0.3 is 0 Å². The number of nitrogens with zero attached hydrogens (tertiary/aromatic N) is 1. The molecule has 3 rings (SSSR count). The molecule has 2 nitrogen and oxygen atoms in total. The van der Waals surface area contributed by atoms with E-state index >= 15 is 0 Å². The van der Waals surface area contributed by atoms with E-state index in [4.69, 9.17) is 5.73 Å². The summed E-state index contributed by atoms with van der Waals surface area (Å²) in [6, 6.07) is 12.7. The highest BCUT2D eigenvalue weighted by atomic mass is 15.2. The summed E-state index contributed by atoms with van der Waals surface area (Å²) in [5, 5.41) is 0. The van der Waals surface area contributed by atoms with Gasteiger partial charge in [-0.25, -0.2) is 0 Å². The Morgan fingerprint density at radius 2 is 1.86 bits per heavy atom. The van der Waals surface area contributed by atoms with Crippen molar-refractivity contribution in [2.45, 2.75) is 63.5 Å². The molecule has 116 valence electrons. The topological polar surface area (TPSA) is 29.3 Å². The van der Waals surface area contributed by atoms with Crippen LogP contribution in [0.1, 0.15) is 56.9 Å². The van der Waals surface area contributed by atoms with Crippen molar-refractivity contribution in [1.29, 1.82) is 0 Å². The maximum absolute atomic E-state index is 6.11. The SMILES string of the molecule is CCCN(C1CC1)C1CC(c2ccccc2)CCC1CN. The standard InChI is InChI=1S/C19H30N2/c1-2-12-21(18-10-11-18)19-13-16(8-9-17(19)14-20)15-6-4-3-5-7-15/h3-7,16-19H,2,8-14,20H2,1H3. The Balaban J connectivity index is 1.75. The van der Waals surface area contributed by atoms with Gasteiger partial charge < -0.3 is 5.73 Å². The summed E-state index contributed by atoms with van der Waals surface area (Å²) in [5.41, 5.74) is 7.64. The first-order chi connectivity index (χ1) is 10.3. The summed E-state index contributed by atoms with van der Waals surface area (Å²) < 4.78 is 0. The Kier molecular flexibility index (Phi) is 4.97. The number of benzene rings is 1. The number of nitrogens with two attached hydrogens (primary N) is 1. The summed E-state index contributed by atoms with van der Waals surface area (Å²) >= 11 is 0. The van der Waals surface area contributed by atoms with Gasteiger partial charge in [0.2, 0.25) is 0 Å². The average Bonchev–Trinajstić information content (AvgIpc) is 3.38. The van der Waals surface area contributed by atoms with Crippen molar-refractivity contribution in [2.24, 2.45) is 11.7 Å². The average molecular weight is 286 g/mol. The quantitative estimate of drug-likeness (QED) is 0.862. The van der Waals surface area contributed by atoms with Crippen LogP contribution in [-0.4, -0.2) is 30.1 Å². The fourth-order valence-corrected chi connectivity index (χ4v) is 4.20. The highest BCUT2D eigenvalue weighted by Crippen LogP contribution is 2.41. The van der Waals surface area contributed by atoms with Crippen LogP contribution in [0.3, 0.4) is 0 Å². The number of hydrogen-bond acceptors (Lipinski definition) is 2. The van der Waals surface area contributed by atoms with Crippen LogP contribution in [0.15, 0.2) is 30.3 Å². The second-order valence-corrected chi connectivity index (χ2v) is 6.95. The van der Waals surface area contributed by atoms with Crippen molar-refractivity contribution < 1.29 is 0 Å². The lowest BCUT2D eigenvalue weighted by atomic mass is 9.74. The molecule has 3 atom stereocenters. The summed E-state index contributed by atoms with van der Waals surface area (Å²) in [4.78, 5) is 2.81. The molecule has 1 aromatic carbocycles. The molecule has 2 fully saturated rings. The van der Waals surface area contributed by atoms with Crippen LogP contribution in [0.4, 0.5) is 0 Å². The molecule has 0 spiro atoms. The number of hydrogen-bond donors (Lipinski definition) is 1. The largest absolute Gasteiger partial charge is 0.330 e. The fraction of sp³-hybridized carbons (Fsp3) is 0.684. The molecule has 1 aromatic rings. The molecule has 0 bridgehead atoms. The molecule has 0 saturated heterocycles. The van der Waals surface area contributed by atoms with Gasteiger partial charge in [-0.2, -0.15) is 0 Å². The van der Waals surface area contributed by atoms with Gasteiger partial charge in [0.1, 0.15) is 0 Å². The molecule has 2 aliphatic rings. The minimum Gasteiger partial charge on any atom is -0.330 e. The van der Waals surface area contributed by atoms with Gasteiger partial charge in [0.05, 0.1) is 0 Å². The van der Waals surface area contributed by atoms with Crippen LogP contribution in [0.5, 0.6) is 0 Å². The van der Waals surface area contributed by atoms with E-state index in [0.29, 0.717) is 12.0 Å². The lowest BCUT2D eigenvalue weighted by Crippen LogP contribution is -2.47. The fourth-order valence-electron chi connectivity index (χ4n) is 4.20. The Labute approximate surface area is 129 Å². The summed E-state index contributed by atoms with van der Waals surface area (Å²) in [6.45, 7) is 4.43. The zero-order chi connectivity index (χ0) is 14.7. The van der Waals surface area contributed by atoms with Crippen molar-refractivity contribution in [3.8, 4) is 0 Å². The molecule has 2 aliphatic carbocycles. The molecular formula is C19H30N2. The molecule has 0 heterocycles. The predicted octanol–water partition coefficient (Wildman–Crippen LogP) is 3.77. The van der Waals surface area contributed by atoms with Crippen LogP contribution in [0, 0.1) is 5.92 Å². The maximum Gasteiger partial charge on any atom is 0.0144 e. The molecule has 0 aliphatic heterocycles. The number of rotatable bonds is 6. The van der Waals surface area contributed by atoms with E-state index < -0.39 is 0 Å². The normalized spacial score (nSPS) is 29.8. The lowest BCUT2D eigenvalue weighted by molar-refractivity contribution is 0.0901. The highest BCUT2D eigenvalue weighted by Gasteiger charge is 2.39. The molecule has 2 saturated carbocycles.